The second kappa shape index (κ2) is 11.6. The fraction of sp³-hybridized carbons (Fsp3) is 0.706. The van der Waals surface area contributed by atoms with Crippen LogP contribution in [0.2, 0.25) is 0 Å². The van der Waals surface area contributed by atoms with Crippen molar-refractivity contribution >= 4 is 41.5 Å². The topological polar surface area (TPSA) is 155 Å². The SMILES string of the molecule is CC(=O)N[C@@H]1[C@@H](OC(C)=O)[C@@H](OC(C)=O)[C@@H](COC(C)=O)O[C@H]1SCCC(=O)O. The standard InChI is InChI=1S/C17H25NO10S/c1-8(19)18-14-16(27-11(4)22)15(26-10(3)21)12(7-25-9(2)20)28-17(14)29-6-5-13(23)24/h12,14-17H,5-7H2,1-4H3,(H,18,19)(H,23,24)/t12-,14-,15+,16-,17+/m1/s1. The van der Waals surface area contributed by atoms with Gasteiger partial charge in [-0.3, -0.25) is 24.0 Å². The van der Waals surface area contributed by atoms with Crippen molar-refractivity contribution in [2.75, 3.05) is 12.4 Å². The molecule has 0 radical (unpaired) electrons. The molecule has 0 saturated carbocycles. The fourth-order valence-corrected chi connectivity index (χ4v) is 3.87. The van der Waals surface area contributed by atoms with E-state index in [2.05, 4.69) is 5.32 Å². The highest BCUT2D eigenvalue weighted by Gasteiger charge is 2.50. The summed E-state index contributed by atoms with van der Waals surface area (Å²) in [4.78, 5) is 57.0. The maximum atomic E-state index is 11.7. The zero-order chi connectivity index (χ0) is 22.1. The van der Waals surface area contributed by atoms with E-state index in [1.54, 1.807) is 0 Å². The van der Waals surface area contributed by atoms with E-state index in [0.29, 0.717) is 0 Å². The molecule has 12 heteroatoms. The highest BCUT2D eigenvalue weighted by molar-refractivity contribution is 7.99. The molecule has 0 aromatic carbocycles. The maximum absolute atomic E-state index is 11.7. The van der Waals surface area contributed by atoms with Crippen molar-refractivity contribution in [1.29, 1.82) is 0 Å². The molecule has 0 unspecified atom stereocenters. The third-order valence-electron chi connectivity index (χ3n) is 3.67. The molecule has 29 heavy (non-hydrogen) atoms. The Morgan fingerprint density at radius 3 is 2.03 bits per heavy atom. The molecule has 1 amide bonds. The van der Waals surface area contributed by atoms with Crippen LogP contribution in [0.15, 0.2) is 0 Å². The van der Waals surface area contributed by atoms with Crippen molar-refractivity contribution in [3.05, 3.63) is 0 Å². The van der Waals surface area contributed by atoms with Crippen LogP contribution < -0.4 is 5.32 Å². The van der Waals surface area contributed by atoms with Crippen LogP contribution in [0.25, 0.3) is 0 Å². The maximum Gasteiger partial charge on any atom is 0.304 e. The predicted molar refractivity (Wildman–Crippen MR) is 98.7 cm³/mol. The van der Waals surface area contributed by atoms with Crippen molar-refractivity contribution < 1.29 is 48.0 Å². The van der Waals surface area contributed by atoms with Crippen LogP contribution in [0.1, 0.15) is 34.1 Å². The summed E-state index contributed by atoms with van der Waals surface area (Å²) in [5.74, 6) is -3.32. The second-order valence-electron chi connectivity index (χ2n) is 6.23. The third kappa shape index (κ3) is 8.69. The number of ether oxygens (including phenoxy) is 4. The van der Waals surface area contributed by atoms with Gasteiger partial charge in [0.1, 0.15) is 24.2 Å². The minimum absolute atomic E-state index is 0.140. The van der Waals surface area contributed by atoms with Gasteiger partial charge in [0.25, 0.3) is 0 Å². The Balaban J connectivity index is 3.22. The number of rotatable bonds is 9. The van der Waals surface area contributed by atoms with E-state index in [1.807, 2.05) is 0 Å². The smallest absolute Gasteiger partial charge is 0.304 e. The number of hydrogen-bond donors (Lipinski definition) is 2. The van der Waals surface area contributed by atoms with E-state index in [4.69, 9.17) is 24.1 Å². The largest absolute Gasteiger partial charge is 0.481 e. The Labute approximate surface area is 171 Å². The van der Waals surface area contributed by atoms with Crippen LogP contribution in [-0.2, 0) is 42.9 Å². The quantitative estimate of drug-likeness (QED) is 0.367. The van der Waals surface area contributed by atoms with Gasteiger partial charge in [-0.15, -0.1) is 11.8 Å². The van der Waals surface area contributed by atoms with E-state index in [9.17, 15) is 24.0 Å². The number of carbonyl (C=O) groups is 5. The van der Waals surface area contributed by atoms with Gasteiger partial charge in [-0.25, -0.2) is 0 Å². The Hall–Kier alpha value is -2.34. The van der Waals surface area contributed by atoms with Crippen LogP contribution in [0, 0.1) is 0 Å². The second-order valence-corrected chi connectivity index (χ2v) is 7.44. The van der Waals surface area contributed by atoms with Gasteiger partial charge in [-0.05, 0) is 0 Å². The first-order valence-electron chi connectivity index (χ1n) is 8.75. The minimum atomic E-state index is -1.16. The van der Waals surface area contributed by atoms with Gasteiger partial charge in [0.05, 0.1) is 6.42 Å². The van der Waals surface area contributed by atoms with Crippen LogP contribution >= 0.6 is 11.8 Å². The van der Waals surface area contributed by atoms with E-state index in [1.165, 1.54) is 13.8 Å². The summed E-state index contributed by atoms with van der Waals surface area (Å²) >= 11 is 1.08. The first-order chi connectivity index (χ1) is 13.5. The van der Waals surface area contributed by atoms with Crippen molar-refractivity contribution in [2.24, 2.45) is 0 Å². The van der Waals surface area contributed by atoms with Gasteiger partial charge in [0, 0.05) is 33.4 Å². The number of aliphatic carboxylic acids is 1. The summed E-state index contributed by atoms with van der Waals surface area (Å²) in [5.41, 5.74) is -0.852. The molecule has 1 aliphatic rings. The number of carbonyl (C=O) groups excluding carboxylic acids is 4. The Morgan fingerprint density at radius 2 is 1.55 bits per heavy atom. The van der Waals surface area contributed by atoms with Gasteiger partial charge in [-0.2, -0.15) is 0 Å². The van der Waals surface area contributed by atoms with Gasteiger partial charge in [-0.1, -0.05) is 0 Å². The molecule has 1 fully saturated rings. The minimum Gasteiger partial charge on any atom is -0.481 e. The van der Waals surface area contributed by atoms with Crippen molar-refractivity contribution in [1.82, 2.24) is 5.32 Å². The molecule has 5 atom stereocenters. The lowest BCUT2D eigenvalue weighted by Gasteiger charge is -2.45. The number of carboxylic acid groups (broad SMARTS) is 1. The summed E-state index contributed by atoms with van der Waals surface area (Å²) < 4.78 is 21.4. The number of nitrogens with one attached hydrogen (secondary N) is 1. The highest BCUT2D eigenvalue weighted by atomic mass is 32.2. The molecular weight excluding hydrogens is 410 g/mol. The first kappa shape index (κ1) is 24.7. The van der Waals surface area contributed by atoms with Crippen LogP contribution in [0.5, 0.6) is 0 Å². The van der Waals surface area contributed by atoms with Crippen LogP contribution in [0.4, 0.5) is 0 Å². The van der Waals surface area contributed by atoms with Crippen molar-refractivity contribution in [3.63, 3.8) is 0 Å². The van der Waals surface area contributed by atoms with Gasteiger partial charge < -0.3 is 29.4 Å². The summed E-state index contributed by atoms with van der Waals surface area (Å²) in [6.45, 7) is 4.43. The lowest BCUT2D eigenvalue weighted by atomic mass is 9.97. The number of thioether (sulfide) groups is 1. The van der Waals surface area contributed by atoms with Gasteiger partial charge in [0.2, 0.25) is 5.91 Å². The first-order valence-corrected chi connectivity index (χ1v) is 9.80. The van der Waals surface area contributed by atoms with Crippen LogP contribution in [0.3, 0.4) is 0 Å². The number of amides is 1. The molecule has 0 aliphatic carbocycles. The van der Waals surface area contributed by atoms with E-state index in [0.717, 1.165) is 25.6 Å². The third-order valence-corrected chi connectivity index (χ3v) is 4.84. The van der Waals surface area contributed by atoms with Gasteiger partial charge in [0.15, 0.2) is 12.2 Å². The monoisotopic (exact) mass is 435 g/mol. The molecule has 0 bridgehead atoms. The van der Waals surface area contributed by atoms with E-state index < -0.39 is 59.6 Å². The number of hydrogen-bond acceptors (Lipinski definition) is 10. The van der Waals surface area contributed by atoms with Crippen molar-refractivity contribution in [3.8, 4) is 0 Å². The average molecular weight is 435 g/mol. The Bertz CT molecular complexity index is 640. The number of esters is 3. The normalized spacial score (nSPS) is 26.1. The molecular formula is C17H25NO10S. The predicted octanol–water partition coefficient (Wildman–Crippen LogP) is -0.150. The van der Waals surface area contributed by atoms with Crippen LogP contribution in [-0.4, -0.2) is 77.0 Å². The summed E-state index contributed by atoms with van der Waals surface area (Å²) in [7, 11) is 0. The molecule has 164 valence electrons. The van der Waals surface area contributed by atoms with E-state index in [-0.39, 0.29) is 18.8 Å². The zero-order valence-corrected chi connectivity index (χ0v) is 17.4. The average Bonchev–Trinajstić information content (AvgIpc) is 2.56. The summed E-state index contributed by atoms with van der Waals surface area (Å²) in [6.07, 6.45) is -3.47. The van der Waals surface area contributed by atoms with E-state index >= 15 is 0 Å². The van der Waals surface area contributed by atoms with Gasteiger partial charge >= 0.3 is 23.9 Å². The molecule has 1 heterocycles. The Morgan fingerprint density at radius 1 is 0.966 bits per heavy atom. The molecule has 0 aromatic heterocycles. The van der Waals surface area contributed by atoms with Crippen molar-refractivity contribution in [2.45, 2.75) is 63.9 Å². The molecule has 11 nitrogen and oxygen atoms in total. The molecule has 0 spiro atoms. The highest BCUT2D eigenvalue weighted by Crippen LogP contribution is 2.32. The Kier molecular flexibility index (Phi) is 9.89. The molecule has 1 aliphatic heterocycles. The zero-order valence-electron chi connectivity index (χ0n) is 16.5. The molecule has 0 aromatic rings. The molecule has 1 rings (SSSR count). The summed E-state index contributed by atoms with van der Waals surface area (Å²) in [5, 5.41) is 11.5. The fourth-order valence-electron chi connectivity index (χ4n) is 2.70. The number of carboxylic acids is 1. The lowest BCUT2D eigenvalue weighted by Crippen LogP contribution is -2.65. The lowest BCUT2D eigenvalue weighted by molar-refractivity contribution is -0.211. The molecule has 2 N–H and O–H groups in total. The molecule has 1 saturated heterocycles. The summed E-state index contributed by atoms with van der Waals surface area (Å²) in [6, 6.07) is -0.937.